The van der Waals surface area contributed by atoms with Crippen molar-refractivity contribution in [2.45, 2.75) is 32.4 Å². The highest BCUT2D eigenvalue weighted by Gasteiger charge is 2.28. The van der Waals surface area contributed by atoms with E-state index in [0.717, 1.165) is 30.8 Å². The maximum Gasteiger partial charge on any atom is 0.258 e. The fourth-order valence-corrected chi connectivity index (χ4v) is 3.52. The standard InChI is InChI=1S/C22H23N3O2/c1-17-6-7-18-4-2-3-5-21(18)25(17)22(26)19-8-10-20(11-9-19)27-15-14-24-13-12-23-16-24/h2-5,8-13,16-17H,6-7,14-15H2,1H3. The largest absolute Gasteiger partial charge is 0.492 e. The monoisotopic (exact) mass is 361 g/mol. The fourth-order valence-electron chi connectivity index (χ4n) is 3.52. The Morgan fingerprint density at radius 1 is 1.19 bits per heavy atom. The van der Waals surface area contributed by atoms with Crippen LogP contribution in [0.4, 0.5) is 5.69 Å². The molecule has 5 heteroatoms. The lowest BCUT2D eigenvalue weighted by molar-refractivity contribution is 0.0975. The Morgan fingerprint density at radius 2 is 2.00 bits per heavy atom. The van der Waals surface area contributed by atoms with Crippen molar-refractivity contribution in [1.29, 1.82) is 0 Å². The van der Waals surface area contributed by atoms with Gasteiger partial charge in [0.2, 0.25) is 0 Å². The van der Waals surface area contributed by atoms with Crippen LogP contribution in [0.15, 0.2) is 67.3 Å². The molecule has 0 bridgehead atoms. The van der Waals surface area contributed by atoms with Crippen molar-refractivity contribution in [3.8, 4) is 5.75 Å². The number of aromatic nitrogens is 2. The Morgan fingerprint density at radius 3 is 2.78 bits per heavy atom. The molecule has 1 aromatic heterocycles. The third-order valence-corrected chi connectivity index (χ3v) is 5.02. The van der Waals surface area contributed by atoms with Gasteiger partial charge in [-0.2, -0.15) is 0 Å². The number of fused-ring (bicyclic) bond motifs is 1. The van der Waals surface area contributed by atoms with Crippen LogP contribution in [0.1, 0.15) is 29.3 Å². The smallest absolute Gasteiger partial charge is 0.258 e. The summed E-state index contributed by atoms with van der Waals surface area (Å²) in [7, 11) is 0. The van der Waals surface area contributed by atoms with E-state index in [1.54, 1.807) is 12.5 Å². The Labute approximate surface area is 159 Å². The third kappa shape index (κ3) is 3.72. The number of benzene rings is 2. The first-order valence-corrected chi connectivity index (χ1v) is 9.32. The van der Waals surface area contributed by atoms with Crippen molar-refractivity contribution in [3.63, 3.8) is 0 Å². The summed E-state index contributed by atoms with van der Waals surface area (Å²) < 4.78 is 7.73. The van der Waals surface area contributed by atoms with Crippen LogP contribution < -0.4 is 9.64 Å². The van der Waals surface area contributed by atoms with Gasteiger partial charge in [0.15, 0.2) is 0 Å². The Balaban J connectivity index is 1.45. The molecule has 1 atom stereocenters. The molecule has 0 radical (unpaired) electrons. The predicted molar refractivity (Wildman–Crippen MR) is 105 cm³/mol. The highest BCUT2D eigenvalue weighted by molar-refractivity contribution is 6.07. The predicted octanol–water partition coefficient (Wildman–Crippen LogP) is 3.94. The number of carbonyl (C=O) groups excluding carboxylic acids is 1. The summed E-state index contributed by atoms with van der Waals surface area (Å²) in [5.41, 5.74) is 2.95. The van der Waals surface area contributed by atoms with Gasteiger partial charge in [-0.05, 0) is 55.7 Å². The summed E-state index contributed by atoms with van der Waals surface area (Å²) in [6.45, 7) is 3.41. The first kappa shape index (κ1) is 17.3. The van der Waals surface area contributed by atoms with Crippen LogP contribution >= 0.6 is 0 Å². The Hall–Kier alpha value is -3.08. The van der Waals surface area contributed by atoms with E-state index >= 15 is 0 Å². The number of amides is 1. The lowest BCUT2D eigenvalue weighted by atomic mass is 9.96. The second-order valence-electron chi connectivity index (χ2n) is 6.86. The fraction of sp³-hybridized carbons (Fsp3) is 0.273. The van der Waals surface area contributed by atoms with Crippen molar-refractivity contribution < 1.29 is 9.53 Å². The molecule has 0 saturated heterocycles. The topological polar surface area (TPSA) is 47.4 Å². The third-order valence-electron chi connectivity index (χ3n) is 5.02. The molecule has 4 rings (SSSR count). The number of hydrogen-bond donors (Lipinski definition) is 0. The van der Waals surface area contributed by atoms with Crippen LogP contribution in [0.25, 0.3) is 0 Å². The van der Waals surface area contributed by atoms with Crippen molar-refractivity contribution in [2.24, 2.45) is 0 Å². The van der Waals surface area contributed by atoms with Crippen LogP contribution in [0.5, 0.6) is 5.75 Å². The maximum atomic E-state index is 13.1. The molecular formula is C22H23N3O2. The molecule has 1 amide bonds. The van der Waals surface area contributed by atoms with Gasteiger partial charge in [0.1, 0.15) is 12.4 Å². The molecule has 0 spiro atoms. The summed E-state index contributed by atoms with van der Waals surface area (Å²) in [5, 5.41) is 0. The van der Waals surface area contributed by atoms with Gasteiger partial charge in [-0.3, -0.25) is 4.79 Å². The normalized spacial score (nSPS) is 16.0. The molecule has 0 aliphatic carbocycles. The Kier molecular flexibility index (Phi) is 4.92. The number of aryl methyl sites for hydroxylation is 1. The van der Waals surface area contributed by atoms with Crippen LogP contribution in [-0.2, 0) is 13.0 Å². The van der Waals surface area contributed by atoms with Crippen molar-refractivity contribution in [2.75, 3.05) is 11.5 Å². The van der Waals surface area contributed by atoms with E-state index in [0.29, 0.717) is 12.2 Å². The van der Waals surface area contributed by atoms with Gasteiger partial charge in [-0.15, -0.1) is 0 Å². The molecule has 2 heterocycles. The Bertz CT molecular complexity index is 904. The molecule has 0 saturated carbocycles. The molecule has 0 fully saturated rings. The minimum atomic E-state index is 0.0413. The van der Waals surface area contributed by atoms with Gasteiger partial charge in [0.25, 0.3) is 5.91 Å². The SMILES string of the molecule is CC1CCc2ccccc2N1C(=O)c1ccc(OCCn2ccnc2)cc1. The van der Waals surface area contributed by atoms with Crippen molar-refractivity contribution in [1.82, 2.24) is 9.55 Å². The summed E-state index contributed by atoms with van der Waals surface area (Å²) in [4.78, 5) is 19.1. The molecule has 138 valence electrons. The van der Waals surface area contributed by atoms with Crippen LogP contribution in [0.3, 0.4) is 0 Å². The zero-order valence-electron chi connectivity index (χ0n) is 15.4. The number of imidazole rings is 1. The molecule has 27 heavy (non-hydrogen) atoms. The average Bonchev–Trinajstić information content (AvgIpc) is 3.21. The van der Waals surface area contributed by atoms with Gasteiger partial charge in [0.05, 0.1) is 12.9 Å². The number of anilines is 1. The molecule has 1 aliphatic heterocycles. The summed E-state index contributed by atoms with van der Waals surface area (Å²) >= 11 is 0. The van der Waals surface area contributed by atoms with Crippen LogP contribution in [0.2, 0.25) is 0 Å². The highest BCUT2D eigenvalue weighted by atomic mass is 16.5. The molecule has 3 aromatic rings. The summed E-state index contributed by atoms with van der Waals surface area (Å²) in [6.07, 6.45) is 7.43. The van der Waals surface area contributed by atoms with Gasteiger partial charge in [-0.25, -0.2) is 4.98 Å². The molecule has 5 nitrogen and oxygen atoms in total. The molecule has 1 aliphatic rings. The molecule has 1 unspecified atom stereocenters. The number of carbonyl (C=O) groups is 1. The van der Waals surface area contributed by atoms with E-state index in [1.807, 2.05) is 58.1 Å². The quantitative estimate of drug-likeness (QED) is 0.691. The van der Waals surface area contributed by atoms with Gasteiger partial charge >= 0.3 is 0 Å². The van der Waals surface area contributed by atoms with E-state index in [4.69, 9.17) is 4.74 Å². The van der Waals surface area contributed by atoms with Crippen molar-refractivity contribution >= 4 is 11.6 Å². The zero-order valence-corrected chi connectivity index (χ0v) is 15.4. The maximum absolute atomic E-state index is 13.1. The van der Waals surface area contributed by atoms with E-state index < -0.39 is 0 Å². The second-order valence-corrected chi connectivity index (χ2v) is 6.86. The van der Waals surface area contributed by atoms with Crippen molar-refractivity contribution in [3.05, 3.63) is 78.4 Å². The number of nitrogens with zero attached hydrogens (tertiary/aromatic N) is 3. The van der Waals surface area contributed by atoms with Gasteiger partial charge in [-0.1, -0.05) is 18.2 Å². The zero-order chi connectivity index (χ0) is 18.6. The number of hydrogen-bond acceptors (Lipinski definition) is 3. The first-order valence-electron chi connectivity index (χ1n) is 9.32. The summed E-state index contributed by atoms with van der Waals surface area (Å²) in [5.74, 6) is 0.804. The van der Waals surface area contributed by atoms with E-state index in [1.165, 1.54) is 5.56 Å². The minimum absolute atomic E-state index is 0.0413. The molecular weight excluding hydrogens is 338 g/mol. The van der Waals surface area contributed by atoms with Crippen LogP contribution in [0, 0.1) is 0 Å². The minimum Gasteiger partial charge on any atom is -0.492 e. The van der Waals surface area contributed by atoms with E-state index in [-0.39, 0.29) is 11.9 Å². The number of ether oxygens (including phenoxy) is 1. The first-order chi connectivity index (χ1) is 13.2. The van der Waals surface area contributed by atoms with E-state index in [2.05, 4.69) is 18.0 Å². The molecule has 2 aromatic carbocycles. The highest BCUT2D eigenvalue weighted by Crippen LogP contribution is 2.31. The lowest BCUT2D eigenvalue weighted by Crippen LogP contribution is -2.42. The van der Waals surface area contributed by atoms with Gasteiger partial charge < -0.3 is 14.2 Å². The molecule has 0 N–H and O–H groups in total. The second kappa shape index (κ2) is 7.66. The summed E-state index contributed by atoms with van der Waals surface area (Å²) in [6, 6.07) is 15.8. The van der Waals surface area contributed by atoms with Gasteiger partial charge in [0, 0.05) is 29.7 Å². The average molecular weight is 361 g/mol. The number of rotatable bonds is 5. The lowest BCUT2D eigenvalue weighted by Gasteiger charge is -2.35. The van der Waals surface area contributed by atoms with Crippen LogP contribution in [-0.4, -0.2) is 28.1 Å². The van der Waals surface area contributed by atoms with E-state index in [9.17, 15) is 4.79 Å². The number of para-hydroxylation sites is 1.